The fourth-order valence-corrected chi connectivity index (χ4v) is 2.40. The van der Waals surface area contributed by atoms with Crippen LogP contribution in [0.3, 0.4) is 0 Å². The van der Waals surface area contributed by atoms with Gasteiger partial charge >= 0.3 is 0 Å². The van der Waals surface area contributed by atoms with E-state index in [9.17, 15) is 4.79 Å². The van der Waals surface area contributed by atoms with Crippen molar-refractivity contribution >= 4 is 35.8 Å². The van der Waals surface area contributed by atoms with Gasteiger partial charge in [0.1, 0.15) is 0 Å². The van der Waals surface area contributed by atoms with Crippen molar-refractivity contribution in [1.82, 2.24) is 15.5 Å². The summed E-state index contributed by atoms with van der Waals surface area (Å²) >= 11 is 0. The molecule has 0 unspecified atom stereocenters. The van der Waals surface area contributed by atoms with E-state index in [-0.39, 0.29) is 42.6 Å². The molecule has 1 aliphatic rings. The van der Waals surface area contributed by atoms with E-state index >= 15 is 0 Å². The SMILES string of the molecule is CCNC(=NCCNC(=O)C(C)C)N(C)Cc1ccc2c(c1)OCO2.I. The molecule has 0 saturated heterocycles. The molecule has 0 atom stereocenters. The van der Waals surface area contributed by atoms with Crippen LogP contribution in [0, 0.1) is 5.92 Å². The van der Waals surface area contributed by atoms with Gasteiger partial charge in [-0.15, -0.1) is 24.0 Å². The van der Waals surface area contributed by atoms with E-state index in [4.69, 9.17) is 9.47 Å². The Morgan fingerprint density at radius 2 is 2.00 bits per heavy atom. The topological polar surface area (TPSA) is 75.2 Å². The average molecular weight is 476 g/mol. The molecule has 26 heavy (non-hydrogen) atoms. The van der Waals surface area contributed by atoms with Crippen LogP contribution >= 0.6 is 24.0 Å². The fourth-order valence-electron chi connectivity index (χ4n) is 2.40. The highest BCUT2D eigenvalue weighted by Gasteiger charge is 2.14. The average Bonchev–Trinajstić information content (AvgIpc) is 3.04. The minimum atomic E-state index is -0.00843. The van der Waals surface area contributed by atoms with Gasteiger partial charge in [-0.25, -0.2) is 0 Å². The van der Waals surface area contributed by atoms with Crippen LogP contribution in [0.4, 0.5) is 0 Å². The lowest BCUT2D eigenvalue weighted by Crippen LogP contribution is -2.39. The molecule has 1 heterocycles. The number of amides is 1. The van der Waals surface area contributed by atoms with E-state index in [2.05, 4.69) is 15.6 Å². The predicted molar refractivity (Wildman–Crippen MR) is 113 cm³/mol. The first-order valence-corrected chi connectivity index (χ1v) is 8.67. The summed E-state index contributed by atoms with van der Waals surface area (Å²) in [6, 6.07) is 5.94. The van der Waals surface area contributed by atoms with Gasteiger partial charge in [0.2, 0.25) is 12.7 Å². The smallest absolute Gasteiger partial charge is 0.231 e. The second-order valence-electron chi connectivity index (χ2n) is 6.23. The van der Waals surface area contributed by atoms with Crippen molar-refractivity contribution in [2.45, 2.75) is 27.3 Å². The van der Waals surface area contributed by atoms with E-state index in [1.54, 1.807) is 0 Å². The summed E-state index contributed by atoms with van der Waals surface area (Å²) in [4.78, 5) is 18.2. The molecule has 7 nitrogen and oxygen atoms in total. The Morgan fingerprint density at radius 3 is 2.69 bits per heavy atom. The number of carbonyl (C=O) groups excluding carboxylic acids is 1. The third-order valence-corrected chi connectivity index (χ3v) is 3.75. The Labute approximate surface area is 172 Å². The number of halogens is 1. The number of hydrogen-bond acceptors (Lipinski definition) is 4. The molecule has 146 valence electrons. The highest BCUT2D eigenvalue weighted by atomic mass is 127. The summed E-state index contributed by atoms with van der Waals surface area (Å²) < 4.78 is 10.8. The van der Waals surface area contributed by atoms with E-state index in [1.165, 1.54) is 0 Å². The Kier molecular flexibility index (Phi) is 9.53. The molecule has 0 aromatic heterocycles. The lowest BCUT2D eigenvalue weighted by molar-refractivity contribution is -0.123. The van der Waals surface area contributed by atoms with Crippen molar-refractivity contribution in [2.24, 2.45) is 10.9 Å². The summed E-state index contributed by atoms with van der Waals surface area (Å²) in [5, 5.41) is 6.15. The van der Waals surface area contributed by atoms with Gasteiger partial charge in [-0.05, 0) is 24.6 Å². The third kappa shape index (κ3) is 6.54. The molecule has 8 heteroatoms. The Morgan fingerprint density at radius 1 is 1.27 bits per heavy atom. The summed E-state index contributed by atoms with van der Waals surface area (Å²) in [6.07, 6.45) is 0. The number of fused-ring (bicyclic) bond motifs is 1. The van der Waals surface area contributed by atoms with Gasteiger partial charge in [0.25, 0.3) is 0 Å². The maximum atomic E-state index is 11.6. The maximum Gasteiger partial charge on any atom is 0.231 e. The number of benzene rings is 1. The van der Waals surface area contributed by atoms with Crippen LogP contribution in [0.5, 0.6) is 11.5 Å². The maximum absolute atomic E-state index is 11.6. The van der Waals surface area contributed by atoms with Crippen molar-refractivity contribution in [3.63, 3.8) is 0 Å². The second-order valence-corrected chi connectivity index (χ2v) is 6.23. The largest absolute Gasteiger partial charge is 0.454 e. The van der Waals surface area contributed by atoms with Crippen LogP contribution in [0.1, 0.15) is 26.3 Å². The van der Waals surface area contributed by atoms with E-state index in [0.717, 1.165) is 29.6 Å². The van der Waals surface area contributed by atoms with Gasteiger partial charge in [-0.1, -0.05) is 19.9 Å². The molecule has 1 amide bonds. The van der Waals surface area contributed by atoms with Crippen LogP contribution in [0.2, 0.25) is 0 Å². The van der Waals surface area contributed by atoms with Gasteiger partial charge in [0, 0.05) is 32.6 Å². The first-order chi connectivity index (χ1) is 12.0. The minimum absolute atomic E-state index is 0. The van der Waals surface area contributed by atoms with E-state index < -0.39 is 0 Å². The number of nitrogens with one attached hydrogen (secondary N) is 2. The van der Waals surface area contributed by atoms with Crippen molar-refractivity contribution in [3.8, 4) is 11.5 Å². The van der Waals surface area contributed by atoms with Crippen molar-refractivity contribution in [1.29, 1.82) is 0 Å². The number of ether oxygens (including phenoxy) is 2. The van der Waals surface area contributed by atoms with Crippen LogP contribution < -0.4 is 20.1 Å². The Hall–Kier alpha value is -1.71. The number of hydrogen-bond donors (Lipinski definition) is 2. The van der Waals surface area contributed by atoms with Gasteiger partial charge in [-0.2, -0.15) is 0 Å². The van der Waals surface area contributed by atoms with Gasteiger partial charge in [0.15, 0.2) is 17.5 Å². The van der Waals surface area contributed by atoms with Crippen LogP contribution in [-0.2, 0) is 11.3 Å². The van der Waals surface area contributed by atoms with Crippen molar-refractivity contribution < 1.29 is 14.3 Å². The molecule has 2 N–H and O–H groups in total. The van der Waals surface area contributed by atoms with Gasteiger partial charge in [-0.3, -0.25) is 9.79 Å². The molecule has 0 fully saturated rings. The van der Waals surface area contributed by atoms with E-state index in [1.807, 2.05) is 50.9 Å². The lowest BCUT2D eigenvalue weighted by Gasteiger charge is -2.22. The molecule has 0 bridgehead atoms. The molecule has 2 rings (SSSR count). The van der Waals surface area contributed by atoms with Crippen LogP contribution in [-0.4, -0.2) is 50.2 Å². The summed E-state index contributed by atoms with van der Waals surface area (Å²) in [7, 11) is 1.98. The zero-order chi connectivity index (χ0) is 18.2. The minimum Gasteiger partial charge on any atom is -0.454 e. The Bertz CT molecular complexity index is 622. The quantitative estimate of drug-likeness (QED) is 0.273. The molecule has 1 aliphatic heterocycles. The molecule has 0 aliphatic carbocycles. The molecule has 0 radical (unpaired) electrons. The highest BCUT2D eigenvalue weighted by Crippen LogP contribution is 2.32. The number of guanidine groups is 1. The number of nitrogens with zero attached hydrogens (tertiary/aromatic N) is 2. The first kappa shape index (κ1) is 22.3. The standard InChI is InChI=1S/C18H28N4O3.HI/c1-5-19-18(21-9-8-20-17(23)13(2)3)22(4)11-14-6-7-15-16(10-14)25-12-24-15;/h6-7,10,13H,5,8-9,11-12H2,1-4H3,(H,19,21)(H,20,23);1H. The van der Waals surface area contributed by atoms with Crippen LogP contribution in [0.15, 0.2) is 23.2 Å². The Balaban J connectivity index is 0.00000338. The molecule has 1 aromatic carbocycles. The summed E-state index contributed by atoms with van der Waals surface area (Å²) in [5.74, 6) is 2.41. The van der Waals surface area contributed by atoms with Gasteiger partial charge < -0.3 is 25.0 Å². The number of rotatable bonds is 7. The first-order valence-electron chi connectivity index (χ1n) is 8.67. The normalized spacial score (nSPS) is 12.6. The molecular formula is C18H29IN4O3. The fraction of sp³-hybridized carbons (Fsp3) is 0.556. The summed E-state index contributed by atoms with van der Waals surface area (Å²) in [6.45, 7) is 8.61. The second kappa shape index (κ2) is 11.1. The third-order valence-electron chi connectivity index (χ3n) is 3.75. The zero-order valence-corrected chi connectivity index (χ0v) is 18.2. The van der Waals surface area contributed by atoms with Crippen molar-refractivity contribution in [2.75, 3.05) is 33.5 Å². The molecule has 0 saturated carbocycles. The monoisotopic (exact) mass is 476 g/mol. The van der Waals surface area contributed by atoms with Crippen molar-refractivity contribution in [3.05, 3.63) is 23.8 Å². The highest BCUT2D eigenvalue weighted by molar-refractivity contribution is 14.0. The number of aliphatic imine (C=N–C) groups is 1. The van der Waals surface area contributed by atoms with Crippen LogP contribution in [0.25, 0.3) is 0 Å². The summed E-state index contributed by atoms with van der Waals surface area (Å²) in [5.41, 5.74) is 1.12. The van der Waals surface area contributed by atoms with Gasteiger partial charge in [0.05, 0.1) is 6.54 Å². The predicted octanol–water partition coefficient (Wildman–Crippen LogP) is 2.20. The molecular weight excluding hydrogens is 447 g/mol. The number of carbonyl (C=O) groups is 1. The lowest BCUT2D eigenvalue weighted by atomic mass is 10.2. The van der Waals surface area contributed by atoms with E-state index in [0.29, 0.717) is 19.6 Å². The molecule has 1 aromatic rings. The zero-order valence-electron chi connectivity index (χ0n) is 15.9. The molecule has 0 spiro atoms.